The molecule has 0 bridgehead atoms. The van der Waals surface area contributed by atoms with E-state index in [-0.39, 0.29) is 11.5 Å². The maximum Gasteiger partial charge on any atom is 0.262 e. The maximum absolute atomic E-state index is 12.8. The third-order valence-corrected chi connectivity index (χ3v) is 5.67. The van der Waals surface area contributed by atoms with Crippen LogP contribution in [0.1, 0.15) is 42.5 Å². The zero-order valence-corrected chi connectivity index (χ0v) is 14.7. The summed E-state index contributed by atoms with van der Waals surface area (Å²) in [5.41, 5.74) is 6.61. The number of thiophene rings is 1. The Bertz CT molecular complexity index is 781. The number of nitrogens with two attached hydrogens (primary N) is 1. The first-order valence-electron chi connectivity index (χ1n) is 8.67. The molecule has 1 aliphatic carbocycles. The number of rotatable bonds is 7. The fourth-order valence-corrected chi connectivity index (χ4v) is 4.37. The Kier molecular flexibility index (Phi) is 5.63. The lowest BCUT2D eigenvalue weighted by Crippen LogP contribution is -2.28. The predicted octanol–water partition coefficient (Wildman–Crippen LogP) is 1.58. The van der Waals surface area contributed by atoms with Crippen molar-refractivity contribution < 1.29 is 4.79 Å². The van der Waals surface area contributed by atoms with Crippen molar-refractivity contribution in [2.75, 3.05) is 13.1 Å². The van der Waals surface area contributed by atoms with Gasteiger partial charge < -0.3 is 11.1 Å². The van der Waals surface area contributed by atoms with Crippen molar-refractivity contribution in [2.45, 2.75) is 51.5 Å². The standard InChI is InChI=1S/C17H24N4O2S/c18-8-3-4-9-19-14(22)7-10-21-11-20-16-15(17(21)23)12-5-1-2-6-13(12)24-16/h11H,1-10,18H2,(H,19,22). The normalized spacial score (nSPS) is 13.9. The zero-order valence-electron chi connectivity index (χ0n) is 13.8. The van der Waals surface area contributed by atoms with E-state index in [1.54, 1.807) is 22.2 Å². The van der Waals surface area contributed by atoms with E-state index < -0.39 is 0 Å². The van der Waals surface area contributed by atoms with Crippen molar-refractivity contribution in [1.29, 1.82) is 0 Å². The topological polar surface area (TPSA) is 90.0 Å². The lowest BCUT2D eigenvalue weighted by atomic mass is 9.97. The molecule has 0 radical (unpaired) electrons. The molecule has 3 rings (SSSR count). The summed E-state index contributed by atoms with van der Waals surface area (Å²) < 4.78 is 1.57. The molecule has 0 aliphatic heterocycles. The second-order valence-electron chi connectivity index (χ2n) is 6.23. The molecule has 1 aliphatic rings. The van der Waals surface area contributed by atoms with E-state index in [2.05, 4.69) is 10.3 Å². The Morgan fingerprint density at radius 1 is 1.33 bits per heavy atom. The van der Waals surface area contributed by atoms with Crippen LogP contribution in [0.5, 0.6) is 0 Å². The van der Waals surface area contributed by atoms with Crippen LogP contribution in [-0.4, -0.2) is 28.5 Å². The fraction of sp³-hybridized carbons (Fsp3) is 0.588. The van der Waals surface area contributed by atoms with Gasteiger partial charge in [-0.05, 0) is 50.6 Å². The summed E-state index contributed by atoms with van der Waals surface area (Å²) in [6.45, 7) is 1.65. The molecule has 24 heavy (non-hydrogen) atoms. The van der Waals surface area contributed by atoms with Gasteiger partial charge in [0.15, 0.2) is 0 Å². The number of carbonyl (C=O) groups excluding carboxylic acids is 1. The van der Waals surface area contributed by atoms with Crippen LogP contribution in [0.3, 0.4) is 0 Å². The van der Waals surface area contributed by atoms with Crippen LogP contribution < -0.4 is 16.6 Å². The second kappa shape index (κ2) is 7.90. The highest BCUT2D eigenvalue weighted by molar-refractivity contribution is 7.18. The summed E-state index contributed by atoms with van der Waals surface area (Å²) in [7, 11) is 0. The lowest BCUT2D eigenvalue weighted by molar-refractivity contribution is -0.121. The van der Waals surface area contributed by atoms with Crippen LogP contribution in [0.25, 0.3) is 10.2 Å². The monoisotopic (exact) mass is 348 g/mol. The molecule has 0 saturated carbocycles. The van der Waals surface area contributed by atoms with Crippen LogP contribution in [0, 0.1) is 0 Å². The highest BCUT2D eigenvalue weighted by atomic mass is 32.1. The molecule has 0 saturated heterocycles. The fourth-order valence-electron chi connectivity index (χ4n) is 3.15. The van der Waals surface area contributed by atoms with Crippen molar-refractivity contribution >= 4 is 27.5 Å². The molecule has 2 aromatic heterocycles. The molecule has 0 spiro atoms. The van der Waals surface area contributed by atoms with Crippen LogP contribution in [0.15, 0.2) is 11.1 Å². The molecule has 1 amide bonds. The van der Waals surface area contributed by atoms with E-state index in [1.165, 1.54) is 16.9 Å². The summed E-state index contributed by atoms with van der Waals surface area (Å²) in [4.78, 5) is 31.2. The average Bonchev–Trinajstić information content (AvgIpc) is 2.97. The number of nitrogens with one attached hydrogen (secondary N) is 1. The number of aryl methyl sites for hydroxylation is 3. The Balaban J connectivity index is 1.68. The van der Waals surface area contributed by atoms with Gasteiger partial charge in [-0.15, -0.1) is 11.3 Å². The number of unbranched alkanes of at least 4 members (excludes halogenated alkanes) is 1. The molecule has 0 fully saturated rings. The van der Waals surface area contributed by atoms with Crippen LogP contribution in [0.2, 0.25) is 0 Å². The summed E-state index contributed by atoms with van der Waals surface area (Å²) in [6, 6.07) is 0. The molecule has 2 aromatic rings. The van der Waals surface area contributed by atoms with Gasteiger partial charge in [-0.25, -0.2) is 4.98 Å². The van der Waals surface area contributed by atoms with Gasteiger partial charge in [0.1, 0.15) is 4.83 Å². The molecule has 0 atom stereocenters. The van der Waals surface area contributed by atoms with E-state index in [9.17, 15) is 9.59 Å². The van der Waals surface area contributed by atoms with E-state index in [4.69, 9.17) is 5.73 Å². The summed E-state index contributed by atoms with van der Waals surface area (Å²) in [6.07, 6.45) is 8.02. The van der Waals surface area contributed by atoms with Gasteiger partial charge in [-0.3, -0.25) is 14.2 Å². The minimum Gasteiger partial charge on any atom is -0.356 e. The third-order valence-electron chi connectivity index (χ3n) is 4.47. The third kappa shape index (κ3) is 3.67. The number of fused-ring (bicyclic) bond motifs is 3. The van der Waals surface area contributed by atoms with Crippen molar-refractivity contribution in [1.82, 2.24) is 14.9 Å². The van der Waals surface area contributed by atoms with Crippen molar-refractivity contribution in [3.05, 3.63) is 27.1 Å². The first kappa shape index (κ1) is 17.1. The maximum atomic E-state index is 12.8. The first-order chi connectivity index (χ1) is 11.7. The molecule has 6 nitrogen and oxygen atoms in total. The Hall–Kier alpha value is -1.73. The number of amides is 1. The number of aromatic nitrogens is 2. The SMILES string of the molecule is NCCCCNC(=O)CCn1cnc2sc3c(c2c1=O)CCCC3. The largest absolute Gasteiger partial charge is 0.356 e. The second-order valence-corrected chi connectivity index (χ2v) is 7.31. The zero-order chi connectivity index (χ0) is 16.9. The van der Waals surface area contributed by atoms with Crippen molar-refractivity contribution in [3.8, 4) is 0 Å². The average molecular weight is 348 g/mol. The van der Waals surface area contributed by atoms with Gasteiger partial charge in [0.2, 0.25) is 5.91 Å². The number of hydrogen-bond acceptors (Lipinski definition) is 5. The van der Waals surface area contributed by atoms with Gasteiger partial charge in [-0.1, -0.05) is 0 Å². The van der Waals surface area contributed by atoms with Crippen LogP contribution in [-0.2, 0) is 24.2 Å². The first-order valence-corrected chi connectivity index (χ1v) is 9.49. The molecule has 0 aromatic carbocycles. The number of carbonyl (C=O) groups is 1. The van der Waals surface area contributed by atoms with Gasteiger partial charge in [-0.2, -0.15) is 0 Å². The van der Waals surface area contributed by atoms with Gasteiger partial charge in [0, 0.05) is 24.4 Å². The van der Waals surface area contributed by atoms with Gasteiger partial charge in [0.05, 0.1) is 11.7 Å². The Morgan fingerprint density at radius 3 is 3.00 bits per heavy atom. The molecule has 130 valence electrons. The van der Waals surface area contributed by atoms with Gasteiger partial charge in [0.25, 0.3) is 5.56 Å². The molecule has 0 unspecified atom stereocenters. The van der Waals surface area contributed by atoms with E-state index in [0.29, 0.717) is 26.1 Å². The Labute approximate surface area is 145 Å². The van der Waals surface area contributed by atoms with E-state index >= 15 is 0 Å². The quantitative estimate of drug-likeness (QED) is 0.744. The highest BCUT2D eigenvalue weighted by Gasteiger charge is 2.20. The minimum absolute atomic E-state index is 0.00432. The highest BCUT2D eigenvalue weighted by Crippen LogP contribution is 2.33. The molecular weight excluding hydrogens is 324 g/mol. The number of nitrogens with zero attached hydrogens (tertiary/aromatic N) is 2. The molecule has 3 N–H and O–H groups in total. The van der Waals surface area contributed by atoms with E-state index in [0.717, 1.165) is 42.3 Å². The smallest absolute Gasteiger partial charge is 0.262 e. The summed E-state index contributed by atoms with van der Waals surface area (Å²) >= 11 is 1.65. The van der Waals surface area contributed by atoms with Crippen molar-refractivity contribution in [3.63, 3.8) is 0 Å². The summed E-state index contributed by atoms with van der Waals surface area (Å²) in [5, 5.41) is 3.64. The number of hydrogen-bond donors (Lipinski definition) is 2. The van der Waals surface area contributed by atoms with Gasteiger partial charge >= 0.3 is 0 Å². The summed E-state index contributed by atoms with van der Waals surface area (Å²) in [5.74, 6) is -0.0358. The van der Waals surface area contributed by atoms with Crippen LogP contribution >= 0.6 is 11.3 Å². The Morgan fingerprint density at radius 2 is 2.17 bits per heavy atom. The van der Waals surface area contributed by atoms with Crippen LogP contribution in [0.4, 0.5) is 0 Å². The van der Waals surface area contributed by atoms with Crippen molar-refractivity contribution in [2.24, 2.45) is 5.73 Å². The lowest BCUT2D eigenvalue weighted by Gasteiger charge is -2.10. The molecular formula is C17H24N4O2S. The minimum atomic E-state index is -0.0358. The molecule has 2 heterocycles. The predicted molar refractivity (Wildman–Crippen MR) is 96.4 cm³/mol. The van der Waals surface area contributed by atoms with E-state index in [1.807, 2.05) is 0 Å². The molecule has 7 heteroatoms.